The fourth-order valence-corrected chi connectivity index (χ4v) is 3.14. The smallest absolute Gasteiger partial charge is 0.407 e. The molecule has 110 valence electrons. The molecule has 2 saturated heterocycles. The monoisotopic (exact) mass is 287 g/mol. The number of oxazole rings is 1. The maximum absolute atomic E-state index is 11.3. The summed E-state index contributed by atoms with van der Waals surface area (Å²) in [5.41, 5.74) is 1.33. The first kappa shape index (κ1) is 12.5. The third kappa shape index (κ3) is 2.20. The molecule has 6 nitrogen and oxygen atoms in total. The van der Waals surface area contributed by atoms with Crippen molar-refractivity contribution in [3.05, 3.63) is 24.3 Å². The maximum atomic E-state index is 11.3. The predicted octanol–water partition coefficient (Wildman–Crippen LogP) is 2.30. The van der Waals surface area contributed by atoms with Crippen molar-refractivity contribution in [3.8, 4) is 0 Å². The van der Waals surface area contributed by atoms with Crippen LogP contribution in [0.3, 0.4) is 0 Å². The number of nitrogens with zero attached hydrogens (tertiary/aromatic N) is 2. The highest BCUT2D eigenvalue weighted by molar-refractivity contribution is 5.74. The number of hydrogen-bond donors (Lipinski definition) is 1. The summed E-state index contributed by atoms with van der Waals surface area (Å²) in [5.74, 6) is 0. The summed E-state index contributed by atoms with van der Waals surface area (Å²) >= 11 is 0. The van der Waals surface area contributed by atoms with Crippen LogP contribution in [0.25, 0.3) is 11.1 Å². The molecule has 1 spiro atoms. The lowest BCUT2D eigenvalue weighted by Crippen LogP contribution is -2.34. The highest BCUT2D eigenvalue weighted by Gasteiger charge is 2.41. The van der Waals surface area contributed by atoms with Crippen molar-refractivity contribution in [3.63, 3.8) is 0 Å². The summed E-state index contributed by atoms with van der Waals surface area (Å²) in [4.78, 5) is 18.0. The molecular weight excluding hydrogens is 270 g/mol. The molecule has 1 aromatic heterocycles. The first-order valence-corrected chi connectivity index (χ1v) is 7.32. The highest BCUT2D eigenvalue weighted by atomic mass is 16.6. The fourth-order valence-electron chi connectivity index (χ4n) is 3.14. The van der Waals surface area contributed by atoms with Crippen LogP contribution in [0.5, 0.6) is 0 Å². The second kappa shape index (κ2) is 4.65. The zero-order chi connectivity index (χ0) is 14.3. The lowest BCUT2D eigenvalue weighted by Gasteiger charge is -2.24. The van der Waals surface area contributed by atoms with Crippen LogP contribution >= 0.6 is 0 Å². The van der Waals surface area contributed by atoms with Gasteiger partial charge in [-0.05, 0) is 25.0 Å². The molecule has 3 heterocycles. The average Bonchev–Trinajstić information content (AvgIpc) is 3.00. The fraction of sp³-hybridized carbons (Fsp3) is 0.467. The number of alkyl carbamates (subject to hydrolysis) is 1. The minimum atomic E-state index is -0.349. The average molecular weight is 287 g/mol. The molecule has 0 saturated carbocycles. The van der Waals surface area contributed by atoms with E-state index in [2.05, 4.69) is 15.2 Å². The molecule has 2 aliphatic rings. The van der Waals surface area contributed by atoms with Crippen LogP contribution in [0, 0.1) is 0 Å². The quantitative estimate of drug-likeness (QED) is 0.871. The SMILES string of the molecule is O=C1NCC2(CCCN(c3nc4ccccc4o3)CC2)O1. The van der Waals surface area contributed by atoms with E-state index in [1.165, 1.54) is 0 Å². The molecule has 1 unspecified atom stereocenters. The van der Waals surface area contributed by atoms with Crippen LogP contribution in [0.1, 0.15) is 19.3 Å². The molecule has 2 aliphatic heterocycles. The van der Waals surface area contributed by atoms with Crippen LogP contribution in [0.2, 0.25) is 0 Å². The summed E-state index contributed by atoms with van der Waals surface area (Å²) in [7, 11) is 0. The number of carbonyl (C=O) groups is 1. The van der Waals surface area contributed by atoms with Gasteiger partial charge in [0.15, 0.2) is 5.58 Å². The summed E-state index contributed by atoms with van der Waals surface area (Å²) in [6.07, 6.45) is 2.32. The number of benzene rings is 1. The van der Waals surface area contributed by atoms with E-state index >= 15 is 0 Å². The van der Waals surface area contributed by atoms with Crippen molar-refractivity contribution in [1.82, 2.24) is 10.3 Å². The number of ether oxygens (including phenoxy) is 1. The van der Waals surface area contributed by atoms with Gasteiger partial charge in [0.05, 0.1) is 6.54 Å². The first-order chi connectivity index (χ1) is 10.2. The number of aromatic nitrogens is 1. The van der Waals surface area contributed by atoms with E-state index in [4.69, 9.17) is 9.15 Å². The van der Waals surface area contributed by atoms with E-state index in [9.17, 15) is 4.79 Å². The Kier molecular flexibility index (Phi) is 2.77. The third-order valence-electron chi connectivity index (χ3n) is 4.31. The molecule has 6 heteroatoms. The second-order valence-electron chi connectivity index (χ2n) is 5.73. The van der Waals surface area contributed by atoms with Gasteiger partial charge in [0.1, 0.15) is 11.1 Å². The van der Waals surface area contributed by atoms with Gasteiger partial charge in [0, 0.05) is 19.5 Å². The molecule has 2 aromatic rings. The first-order valence-electron chi connectivity index (χ1n) is 7.32. The van der Waals surface area contributed by atoms with Gasteiger partial charge in [0.2, 0.25) is 0 Å². The van der Waals surface area contributed by atoms with Gasteiger partial charge in [-0.25, -0.2) is 4.79 Å². The van der Waals surface area contributed by atoms with Gasteiger partial charge in [-0.2, -0.15) is 4.98 Å². The Bertz CT molecular complexity index is 651. The highest BCUT2D eigenvalue weighted by Crippen LogP contribution is 2.31. The number of anilines is 1. The molecule has 1 amide bonds. The predicted molar refractivity (Wildman–Crippen MR) is 77.3 cm³/mol. The van der Waals surface area contributed by atoms with Gasteiger partial charge < -0.3 is 19.4 Å². The standard InChI is InChI=1S/C15H17N3O3/c19-14-16-10-15(21-14)6-3-8-18(9-7-15)13-17-11-4-1-2-5-12(11)20-13/h1-2,4-5H,3,6-10H2,(H,16,19). The number of rotatable bonds is 1. The zero-order valence-corrected chi connectivity index (χ0v) is 11.7. The molecule has 1 atom stereocenters. The third-order valence-corrected chi connectivity index (χ3v) is 4.31. The molecule has 4 rings (SSSR count). The number of para-hydroxylation sites is 2. The minimum absolute atomic E-state index is 0.301. The van der Waals surface area contributed by atoms with Crippen molar-refractivity contribution in [2.24, 2.45) is 0 Å². The van der Waals surface area contributed by atoms with Crippen molar-refractivity contribution in [2.75, 3.05) is 24.5 Å². The molecular formula is C15H17N3O3. The lowest BCUT2D eigenvalue weighted by atomic mass is 9.95. The topological polar surface area (TPSA) is 67.6 Å². The number of carbonyl (C=O) groups excluding carboxylic acids is 1. The van der Waals surface area contributed by atoms with Gasteiger partial charge in [-0.3, -0.25) is 0 Å². The van der Waals surface area contributed by atoms with Crippen molar-refractivity contribution >= 4 is 23.2 Å². The van der Waals surface area contributed by atoms with Gasteiger partial charge in [0.25, 0.3) is 6.01 Å². The molecule has 2 fully saturated rings. The minimum Gasteiger partial charge on any atom is -0.441 e. The largest absolute Gasteiger partial charge is 0.441 e. The van der Waals surface area contributed by atoms with Gasteiger partial charge in [-0.15, -0.1) is 0 Å². The Balaban J connectivity index is 1.55. The van der Waals surface area contributed by atoms with Crippen LogP contribution in [0.4, 0.5) is 10.8 Å². The Labute approximate surface area is 122 Å². The summed E-state index contributed by atoms with van der Waals surface area (Å²) in [6.45, 7) is 2.25. The van der Waals surface area contributed by atoms with E-state index in [1.54, 1.807) is 0 Å². The van der Waals surface area contributed by atoms with E-state index in [1.807, 2.05) is 24.3 Å². The molecule has 0 bridgehead atoms. The Morgan fingerprint density at radius 2 is 2.14 bits per heavy atom. The molecule has 1 N–H and O–H groups in total. The van der Waals surface area contributed by atoms with Crippen molar-refractivity contribution in [1.29, 1.82) is 0 Å². The van der Waals surface area contributed by atoms with Gasteiger partial charge >= 0.3 is 6.09 Å². The summed E-state index contributed by atoms with van der Waals surface area (Å²) in [6, 6.07) is 8.43. The molecule has 21 heavy (non-hydrogen) atoms. The van der Waals surface area contributed by atoms with E-state index in [0.29, 0.717) is 12.6 Å². The van der Waals surface area contributed by atoms with E-state index in [-0.39, 0.29) is 11.7 Å². The Hall–Kier alpha value is -2.24. The van der Waals surface area contributed by atoms with E-state index < -0.39 is 0 Å². The maximum Gasteiger partial charge on any atom is 0.407 e. The Morgan fingerprint density at radius 1 is 1.24 bits per heavy atom. The molecule has 0 radical (unpaired) electrons. The van der Waals surface area contributed by atoms with Crippen LogP contribution in [-0.2, 0) is 4.74 Å². The van der Waals surface area contributed by atoms with Gasteiger partial charge in [-0.1, -0.05) is 12.1 Å². The summed E-state index contributed by atoms with van der Waals surface area (Å²) < 4.78 is 11.3. The molecule has 1 aromatic carbocycles. The zero-order valence-electron chi connectivity index (χ0n) is 11.7. The van der Waals surface area contributed by atoms with Crippen LogP contribution < -0.4 is 10.2 Å². The van der Waals surface area contributed by atoms with E-state index in [0.717, 1.165) is 43.5 Å². The van der Waals surface area contributed by atoms with Crippen LogP contribution in [-0.4, -0.2) is 36.3 Å². The normalized spacial score (nSPS) is 25.9. The lowest BCUT2D eigenvalue weighted by molar-refractivity contribution is 0.0473. The van der Waals surface area contributed by atoms with Crippen LogP contribution in [0.15, 0.2) is 28.7 Å². The second-order valence-corrected chi connectivity index (χ2v) is 5.73. The van der Waals surface area contributed by atoms with Crippen molar-refractivity contribution in [2.45, 2.75) is 24.9 Å². The number of amides is 1. The summed E-state index contributed by atoms with van der Waals surface area (Å²) in [5, 5.41) is 2.77. The molecule has 0 aliphatic carbocycles. The van der Waals surface area contributed by atoms with Crippen molar-refractivity contribution < 1.29 is 13.9 Å². The number of fused-ring (bicyclic) bond motifs is 1. The number of nitrogens with one attached hydrogen (secondary N) is 1. The number of hydrogen-bond acceptors (Lipinski definition) is 5. The Morgan fingerprint density at radius 3 is 2.95 bits per heavy atom.